The van der Waals surface area contributed by atoms with Gasteiger partial charge in [0.05, 0.1) is 14.2 Å². The largest absolute Gasteiger partial charge is 0.504 e. The molecule has 26 heavy (non-hydrogen) atoms. The lowest BCUT2D eigenvalue weighted by Crippen LogP contribution is -2.09. The fraction of sp³-hybridized carbons (Fsp3) is 0.450. The van der Waals surface area contributed by atoms with E-state index in [1.165, 1.54) is 20.6 Å². The van der Waals surface area contributed by atoms with Crippen LogP contribution in [0.25, 0.3) is 10.8 Å². The molecule has 0 bridgehead atoms. The van der Waals surface area contributed by atoms with Gasteiger partial charge in [0, 0.05) is 22.2 Å². The number of ether oxygens (including phenoxy) is 3. The number of halogens is 1. The van der Waals surface area contributed by atoms with Crippen LogP contribution in [0, 0.1) is 0 Å². The Kier molecular flexibility index (Phi) is 7.39. The SMILES string of the molecule is CCCCCCCC(=O)Oc1c(OC)c(OC)c(O)c2cc(Cl)ccc12. The smallest absolute Gasteiger partial charge is 0.311 e. The molecule has 1 N–H and O–H groups in total. The quantitative estimate of drug-likeness (QED) is 0.354. The summed E-state index contributed by atoms with van der Waals surface area (Å²) in [6.45, 7) is 2.15. The summed E-state index contributed by atoms with van der Waals surface area (Å²) < 4.78 is 16.2. The summed E-state index contributed by atoms with van der Waals surface area (Å²) in [6.07, 6.45) is 5.54. The van der Waals surface area contributed by atoms with Crippen molar-refractivity contribution in [2.75, 3.05) is 14.2 Å². The number of aromatic hydroxyl groups is 1. The maximum atomic E-state index is 12.3. The van der Waals surface area contributed by atoms with Gasteiger partial charge in [-0.05, 0) is 24.6 Å². The Bertz CT molecular complexity index is 773. The molecule has 0 aromatic heterocycles. The lowest BCUT2D eigenvalue weighted by Gasteiger charge is -2.17. The molecule has 0 aliphatic heterocycles. The molecule has 0 unspecified atom stereocenters. The van der Waals surface area contributed by atoms with E-state index < -0.39 is 0 Å². The third-order valence-electron chi connectivity index (χ3n) is 4.22. The molecule has 5 nitrogen and oxygen atoms in total. The molecule has 6 heteroatoms. The van der Waals surface area contributed by atoms with Crippen LogP contribution >= 0.6 is 11.6 Å². The molecular weight excluding hydrogens is 356 g/mol. The molecule has 2 aromatic carbocycles. The second kappa shape index (κ2) is 9.53. The summed E-state index contributed by atoms with van der Waals surface area (Å²) >= 11 is 6.04. The highest BCUT2D eigenvalue weighted by atomic mass is 35.5. The van der Waals surface area contributed by atoms with Gasteiger partial charge < -0.3 is 19.3 Å². The van der Waals surface area contributed by atoms with Gasteiger partial charge in [-0.3, -0.25) is 4.79 Å². The highest BCUT2D eigenvalue weighted by Gasteiger charge is 2.24. The van der Waals surface area contributed by atoms with E-state index >= 15 is 0 Å². The number of fused-ring (bicyclic) bond motifs is 1. The number of hydrogen-bond donors (Lipinski definition) is 1. The van der Waals surface area contributed by atoms with Gasteiger partial charge in [-0.15, -0.1) is 0 Å². The van der Waals surface area contributed by atoms with Crippen molar-refractivity contribution in [3.05, 3.63) is 23.2 Å². The molecule has 0 aliphatic rings. The molecule has 0 atom stereocenters. The van der Waals surface area contributed by atoms with Crippen molar-refractivity contribution >= 4 is 28.3 Å². The van der Waals surface area contributed by atoms with Gasteiger partial charge in [-0.2, -0.15) is 0 Å². The summed E-state index contributed by atoms with van der Waals surface area (Å²) in [5.41, 5.74) is 0. The fourth-order valence-electron chi connectivity index (χ4n) is 2.88. The first-order chi connectivity index (χ1) is 12.5. The summed E-state index contributed by atoms with van der Waals surface area (Å²) in [7, 11) is 2.84. The van der Waals surface area contributed by atoms with Gasteiger partial charge in [-0.25, -0.2) is 0 Å². The molecule has 0 aliphatic carbocycles. The van der Waals surface area contributed by atoms with Crippen molar-refractivity contribution in [1.29, 1.82) is 0 Å². The highest BCUT2D eigenvalue weighted by molar-refractivity contribution is 6.31. The Morgan fingerprint density at radius 1 is 1.00 bits per heavy atom. The first kappa shape index (κ1) is 20.2. The lowest BCUT2D eigenvalue weighted by molar-refractivity contribution is -0.134. The Labute approximate surface area is 158 Å². The second-order valence-corrected chi connectivity index (χ2v) is 6.51. The summed E-state index contributed by atoms with van der Waals surface area (Å²) in [5, 5.41) is 11.9. The van der Waals surface area contributed by atoms with Gasteiger partial charge in [0.25, 0.3) is 0 Å². The molecule has 0 spiro atoms. The normalized spacial score (nSPS) is 10.8. The number of esters is 1. The number of benzene rings is 2. The average molecular weight is 381 g/mol. The summed E-state index contributed by atoms with van der Waals surface area (Å²) in [4.78, 5) is 12.3. The van der Waals surface area contributed by atoms with Crippen LogP contribution in [0.2, 0.25) is 5.02 Å². The van der Waals surface area contributed by atoms with Crippen LogP contribution in [0.3, 0.4) is 0 Å². The standard InChI is InChI=1S/C20H25ClO5/c1-4-5-6-7-8-9-16(22)26-18-14-11-10-13(21)12-15(14)17(23)19(24-2)20(18)25-3/h10-12,23H,4-9H2,1-3H3. The van der Waals surface area contributed by atoms with Crippen molar-refractivity contribution in [2.24, 2.45) is 0 Å². The maximum absolute atomic E-state index is 12.3. The molecule has 2 rings (SSSR count). The third kappa shape index (κ3) is 4.52. The maximum Gasteiger partial charge on any atom is 0.311 e. The van der Waals surface area contributed by atoms with E-state index in [-0.39, 0.29) is 29.0 Å². The monoisotopic (exact) mass is 380 g/mol. The van der Waals surface area contributed by atoms with Gasteiger partial charge in [-0.1, -0.05) is 44.2 Å². The van der Waals surface area contributed by atoms with Crippen LogP contribution in [0.1, 0.15) is 45.4 Å². The molecule has 0 amide bonds. The van der Waals surface area contributed by atoms with Gasteiger partial charge in [0.15, 0.2) is 11.5 Å². The number of phenols is 1. The van der Waals surface area contributed by atoms with Crippen LogP contribution in [0.15, 0.2) is 18.2 Å². The van der Waals surface area contributed by atoms with Crippen molar-refractivity contribution in [1.82, 2.24) is 0 Å². The van der Waals surface area contributed by atoms with E-state index in [2.05, 4.69) is 6.92 Å². The van der Waals surface area contributed by atoms with Crippen LogP contribution < -0.4 is 14.2 Å². The molecule has 0 saturated heterocycles. The van der Waals surface area contributed by atoms with Gasteiger partial charge in [0.1, 0.15) is 0 Å². The Morgan fingerprint density at radius 2 is 1.69 bits per heavy atom. The first-order valence-electron chi connectivity index (χ1n) is 8.80. The Balaban J connectivity index is 2.33. The first-order valence-corrected chi connectivity index (χ1v) is 9.18. The number of carbonyl (C=O) groups excluding carboxylic acids is 1. The minimum absolute atomic E-state index is 0.105. The lowest BCUT2D eigenvalue weighted by atomic mass is 10.1. The van der Waals surface area contributed by atoms with E-state index in [9.17, 15) is 9.90 Å². The van der Waals surface area contributed by atoms with Gasteiger partial charge >= 0.3 is 5.97 Å². The topological polar surface area (TPSA) is 65.0 Å². The Hall–Kier alpha value is -2.14. The van der Waals surface area contributed by atoms with Crippen LogP contribution in [0.4, 0.5) is 0 Å². The van der Waals surface area contributed by atoms with E-state index in [4.69, 9.17) is 25.8 Å². The Morgan fingerprint density at radius 3 is 2.35 bits per heavy atom. The summed E-state index contributed by atoms with van der Waals surface area (Å²) in [5.74, 6) is 0.0598. The number of rotatable bonds is 9. The van der Waals surface area contributed by atoms with Gasteiger partial charge in [0.2, 0.25) is 11.5 Å². The highest BCUT2D eigenvalue weighted by Crippen LogP contribution is 2.50. The average Bonchev–Trinajstić information content (AvgIpc) is 2.63. The molecule has 0 fully saturated rings. The molecule has 142 valence electrons. The molecule has 0 radical (unpaired) electrons. The zero-order valence-electron chi connectivity index (χ0n) is 15.4. The number of phenolic OH excluding ortho intramolecular Hbond substituents is 1. The van der Waals surface area contributed by atoms with Crippen molar-refractivity contribution in [3.8, 4) is 23.0 Å². The van der Waals surface area contributed by atoms with Crippen LogP contribution in [0.5, 0.6) is 23.0 Å². The van der Waals surface area contributed by atoms with Crippen molar-refractivity contribution in [3.63, 3.8) is 0 Å². The van der Waals surface area contributed by atoms with E-state index in [0.717, 1.165) is 25.7 Å². The number of carbonyl (C=O) groups is 1. The minimum Gasteiger partial charge on any atom is -0.504 e. The van der Waals surface area contributed by atoms with Crippen molar-refractivity contribution < 1.29 is 24.1 Å². The second-order valence-electron chi connectivity index (χ2n) is 6.07. The van der Waals surface area contributed by atoms with E-state index in [0.29, 0.717) is 22.2 Å². The number of methoxy groups -OCH3 is 2. The zero-order valence-corrected chi connectivity index (χ0v) is 16.2. The molecule has 0 heterocycles. The molecule has 0 saturated carbocycles. The fourth-order valence-corrected chi connectivity index (χ4v) is 3.05. The van der Waals surface area contributed by atoms with Crippen LogP contribution in [-0.2, 0) is 4.79 Å². The predicted molar refractivity (Wildman–Crippen MR) is 103 cm³/mol. The predicted octanol–water partition coefficient (Wildman–Crippen LogP) is 5.48. The third-order valence-corrected chi connectivity index (χ3v) is 4.45. The molecular formula is C20H25ClO5. The number of unbranched alkanes of at least 4 members (excludes halogenated alkanes) is 4. The minimum atomic E-state index is -0.344. The van der Waals surface area contributed by atoms with E-state index in [1.54, 1.807) is 18.2 Å². The molecule has 2 aromatic rings. The van der Waals surface area contributed by atoms with Crippen LogP contribution in [-0.4, -0.2) is 25.3 Å². The van der Waals surface area contributed by atoms with E-state index in [1.807, 2.05) is 0 Å². The number of hydrogen-bond acceptors (Lipinski definition) is 5. The summed E-state index contributed by atoms with van der Waals surface area (Å²) in [6, 6.07) is 4.94. The zero-order chi connectivity index (χ0) is 19.1. The van der Waals surface area contributed by atoms with Crippen molar-refractivity contribution in [2.45, 2.75) is 45.4 Å².